The van der Waals surface area contributed by atoms with Crippen LogP contribution in [0.1, 0.15) is 39.0 Å². The Hall–Kier alpha value is -2.35. The number of para-hydroxylation sites is 2. The minimum absolute atomic E-state index is 0.132. The van der Waals surface area contributed by atoms with Crippen LogP contribution in [-0.4, -0.2) is 49.8 Å². The number of hydrogen-bond acceptors (Lipinski definition) is 5. The minimum Gasteiger partial charge on any atom is -0.477 e. The minimum atomic E-state index is -0.610. The Kier molecular flexibility index (Phi) is 9.00. The van der Waals surface area contributed by atoms with Crippen LogP contribution in [-0.2, 0) is 14.3 Å². The van der Waals surface area contributed by atoms with Gasteiger partial charge in [0.05, 0.1) is 19.3 Å². The molecule has 1 aliphatic rings. The van der Waals surface area contributed by atoms with Gasteiger partial charge in [-0.2, -0.15) is 0 Å². The van der Waals surface area contributed by atoms with Crippen molar-refractivity contribution >= 4 is 34.9 Å². The van der Waals surface area contributed by atoms with Crippen LogP contribution in [0.4, 0.5) is 5.69 Å². The van der Waals surface area contributed by atoms with E-state index in [0.717, 1.165) is 31.4 Å². The number of hydrogen-bond donors (Lipinski definition) is 2. The highest BCUT2D eigenvalue weighted by molar-refractivity contribution is 7.80. The molecule has 1 atom stereocenters. The number of rotatable bonds is 9. The Labute approximate surface area is 171 Å². The zero-order valence-corrected chi connectivity index (χ0v) is 17.3. The van der Waals surface area contributed by atoms with Gasteiger partial charge in [0, 0.05) is 19.5 Å². The molecule has 0 bridgehead atoms. The molecule has 0 fully saturated rings. The number of amides is 1. The molecule has 154 valence electrons. The summed E-state index contributed by atoms with van der Waals surface area (Å²) in [5, 5.41) is 6.70. The molecule has 0 unspecified atom stereocenters. The number of nitrogens with one attached hydrogen (secondary N) is 2. The lowest BCUT2D eigenvalue weighted by molar-refractivity contribution is -0.140. The quantitative estimate of drug-likeness (QED) is 0.370. The molecule has 7 nitrogen and oxygen atoms in total. The predicted molar refractivity (Wildman–Crippen MR) is 113 cm³/mol. The van der Waals surface area contributed by atoms with Crippen molar-refractivity contribution in [1.29, 1.82) is 0 Å². The number of esters is 1. The summed E-state index contributed by atoms with van der Waals surface area (Å²) >= 11 is 5.57. The number of benzene rings is 1. The van der Waals surface area contributed by atoms with E-state index < -0.39 is 6.10 Å². The van der Waals surface area contributed by atoms with Gasteiger partial charge < -0.3 is 25.0 Å². The number of carbonyl (C=O) groups excluding carboxylic acids is 2. The maximum atomic E-state index is 12.4. The topological polar surface area (TPSA) is 79.9 Å². The van der Waals surface area contributed by atoms with Crippen LogP contribution in [0.15, 0.2) is 24.3 Å². The molecule has 1 aromatic carbocycles. The fraction of sp³-hybridized carbons (Fsp3) is 0.550. The molecule has 0 saturated heterocycles. The summed E-state index contributed by atoms with van der Waals surface area (Å²) in [6.45, 7) is 3.69. The van der Waals surface area contributed by atoms with Gasteiger partial charge in [-0.25, -0.2) is 0 Å². The SMILES string of the molecule is CCCNC(=O)[C@@H]1CN(C(=S)NCCCCCC(=O)OC)c2ccccc2O1. The fourth-order valence-electron chi connectivity index (χ4n) is 2.89. The van der Waals surface area contributed by atoms with Crippen LogP contribution >= 0.6 is 12.2 Å². The third-order valence-electron chi connectivity index (χ3n) is 4.42. The van der Waals surface area contributed by atoms with Crippen molar-refractivity contribution in [2.24, 2.45) is 0 Å². The van der Waals surface area contributed by atoms with Crippen molar-refractivity contribution in [2.75, 3.05) is 31.6 Å². The summed E-state index contributed by atoms with van der Waals surface area (Å²) in [5.74, 6) is 0.334. The van der Waals surface area contributed by atoms with Gasteiger partial charge in [-0.1, -0.05) is 25.5 Å². The second-order valence-corrected chi connectivity index (χ2v) is 6.98. The van der Waals surface area contributed by atoms with E-state index in [2.05, 4.69) is 15.4 Å². The second kappa shape index (κ2) is 11.5. The lowest BCUT2D eigenvalue weighted by Gasteiger charge is -2.35. The number of nitrogens with zero attached hydrogens (tertiary/aromatic N) is 1. The average Bonchev–Trinajstić information content (AvgIpc) is 2.73. The van der Waals surface area contributed by atoms with Crippen molar-refractivity contribution in [2.45, 2.75) is 45.1 Å². The number of anilines is 1. The molecule has 2 N–H and O–H groups in total. The van der Waals surface area contributed by atoms with Gasteiger partial charge in [0.15, 0.2) is 11.2 Å². The Morgan fingerprint density at radius 3 is 2.75 bits per heavy atom. The van der Waals surface area contributed by atoms with Crippen molar-refractivity contribution in [1.82, 2.24) is 10.6 Å². The first-order chi connectivity index (χ1) is 13.6. The molecule has 28 heavy (non-hydrogen) atoms. The van der Waals surface area contributed by atoms with Crippen LogP contribution in [0.2, 0.25) is 0 Å². The number of fused-ring (bicyclic) bond motifs is 1. The van der Waals surface area contributed by atoms with Gasteiger partial charge in [0.1, 0.15) is 5.75 Å². The Morgan fingerprint density at radius 1 is 1.21 bits per heavy atom. The van der Waals surface area contributed by atoms with E-state index in [4.69, 9.17) is 17.0 Å². The maximum Gasteiger partial charge on any atom is 0.305 e. The molecule has 2 rings (SSSR count). The molecule has 8 heteroatoms. The second-order valence-electron chi connectivity index (χ2n) is 6.59. The van der Waals surface area contributed by atoms with Crippen LogP contribution in [0.5, 0.6) is 5.75 Å². The van der Waals surface area contributed by atoms with Gasteiger partial charge in [-0.05, 0) is 43.6 Å². The largest absolute Gasteiger partial charge is 0.477 e. The third-order valence-corrected chi connectivity index (χ3v) is 4.79. The number of carbonyl (C=O) groups is 2. The van der Waals surface area contributed by atoms with E-state index in [1.165, 1.54) is 7.11 Å². The summed E-state index contributed by atoms with van der Waals surface area (Å²) in [7, 11) is 1.40. The Bertz CT molecular complexity index is 683. The maximum absolute atomic E-state index is 12.4. The molecular weight excluding hydrogens is 378 g/mol. The highest BCUT2D eigenvalue weighted by atomic mass is 32.1. The van der Waals surface area contributed by atoms with Crippen molar-refractivity contribution in [3.8, 4) is 5.75 Å². The molecule has 0 saturated carbocycles. The average molecular weight is 408 g/mol. The van der Waals surface area contributed by atoms with Gasteiger partial charge in [-0.15, -0.1) is 0 Å². The lowest BCUT2D eigenvalue weighted by atomic mass is 10.2. The smallest absolute Gasteiger partial charge is 0.305 e. The standard InChI is InChI=1S/C20H29N3O4S/c1-3-12-21-19(25)17-14-23(15-9-6-7-10-16(15)27-17)20(28)22-13-8-4-5-11-18(24)26-2/h6-7,9-10,17H,3-5,8,11-14H2,1-2H3,(H,21,25)(H,22,28)/t17-/m0/s1. The Morgan fingerprint density at radius 2 is 2.00 bits per heavy atom. The predicted octanol–water partition coefficient (Wildman–Crippen LogP) is 2.39. The summed E-state index contributed by atoms with van der Waals surface area (Å²) in [6, 6.07) is 7.57. The monoisotopic (exact) mass is 407 g/mol. The molecular formula is C20H29N3O4S. The van der Waals surface area contributed by atoms with E-state index in [0.29, 0.717) is 36.9 Å². The van der Waals surface area contributed by atoms with Gasteiger partial charge >= 0.3 is 5.97 Å². The molecule has 1 aromatic rings. The van der Waals surface area contributed by atoms with E-state index in [1.54, 1.807) is 0 Å². The van der Waals surface area contributed by atoms with Crippen LogP contribution < -0.4 is 20.3 Å². The zero-order valence-electron chi connectivity index (χ0n) is 16.5. The van der Waals surface area contributed by atoms with Crippen molar-refractivity contribution < 1.29 is 19.1 Å². The summed E-state index contributed by atoms with van der Waals surface area (Å²) in [4.78, 5) is 25.4. The van der Waals surface area contributed by atoms with Gasteiger partial charge in [0.2, 0.25) is 0 Å². The molecule has 1 amide bonds. The molecule has 0 radical (unpaired) electrons. The van der Waals surface area contributed by atoms with Crippen LogP contribution in [0.25, 0.3) is 0 Å². The summed E-state index contributed by atoms with van der Waals surface area (Å²) < 4.78 is 10.5. The highest BCUT2D eigenvalue weighted by Crippen LogP contribution is 2.33. The lowest BCUT2D eigenvalue weighted by Crippen LogP contribution is -2.53. The van der Waals surface area contributed by atoms with Gasteiger partial charge in [0.25, 0.3) is 5.91 Å². The summed E-state index contributed by atoms with van der Waals surface area (Å²) in [6.07, 6.45) is 3.29. The summed E-state index contributed by atoms with van der Waals surface area (Å²) in [5.41, 5.74) is 0.852. The van der Waals surface area contributed by atoms with E-state index in [-0.39, 0.29) is 11.9 Å². The first kappa shape index (κ1) is 21.9. The molecule has 0 aliphatic carbocycles. The number of unbranched alkanes of at least 4 members (excludes halogenated alkanes) is 2. The highest BCUT2D eigenvalue weighted by Gasteiger charge is 2.32. The van der Waals surface area contributed by atoms with Crippen molar-refractivity contribution in [3.63, 3.8) is 0 Å². The molecule has 0 spiro atoms. The van der Waals surface area contributed by atoms with Crippen molar-refractivity contribution in [3.05, 3.63) is 24.3 Å². The fourth-order valence-corrected chi connectivity index (χ4v) is 3.16. The van der Waals surface area contributed by atoms with Crippen LogP contribution in [0, 0.1) is 0 Å². The van der Waals surface area contributed by atoms with E-state index in [1.807, 2.05) is 36.1 Å². The third kappa shape index (κ3) is 6.37. The first-order valence-corrected chi connectivity index (χ1v) is 10.1. The molecule has 1 heterocycles. The van der Waals surface area contributed by atoms with Gasteiger partial charge in [-0.3, -0.25) is 9.59 Å². The van der Waals surface area contributed by atoms with E-state index in [9.17, 15) is 9.59 Å². The Balaban J connectivity index is 1.89. The molecule has 0 aromatic heterocycles. The normalized spacial score (nSPS) is 15.2. The first-order valence-electron chi connectivity index (χ1n) is 9.72. The number of thiocarbonyl (C=S) groups is 1. The number of ether oxygens (including phenoxy) is 2. The number of methoxy groups -OCH3 is 1. The van der Waals surface area contributed by atoms with Crippen LogP contribution in [0.3, 0.4) is 0 Å². The zero-order chi connectivity index (χ0) is 20.4. The van der Waals surface area contributed by atoms with E-state index >= 15 is 0 Å². The molecule has 1 aliphatic heterocycles.